The monoisotopic (exact) mass is 489 g/mol. The molecule has 34 heavy (non-hydrogen) atoms. The number of fused-ring (bicyclic) bond motifs is 1. The van der Waals surface area contributed by atoms with Gasteiger partial charge in [-0.3, -0.25) is 9.59 Å². The maximum atomic E-state index is 13.2. The van der Waals surface area contributed by atoms with Crippen LogP contribution in [0.25, 0.3) is 0 Å². The van der Waals surface area contributed by atoms with E-state index in [1.807, 2.05) is 0 Å². The number of sulfonamides is 1. The van der Waals surface area contributed by atoms with Crippen LogP contribution in [0.15, 0.2) is 41.3 Å². The molecule has 0 radical (unpaired) electrons. The highest BCUT2D eigenvalue weighted by molar-refractivity contribution is 7.89. The third-order valence-corrected chi connectivity index (χ3v) is 7.81. The molecule has 1 saturated heterocycles. The van der Waals surface area contributed by atoms with Crippen LogP contribution in [-0.4, -0.2) is 75.9 Å². The number of anilines is 1. The number of rotatable bonds is 6. The van der Waals surface area contributed by atoms with Crippen molar-refractivity contribution in [3.8, 4) is 17.2 Å². The minimum Gasteiger partial charge on any atom is -0.493 e. The van der Waals surface area contributed by atoms with Crippen LogP contribution in [-0.2, 0) is 26.0 Å². The predicted octanol–water partition coefficient (Wildman–Crippen LogP) is 1.50. The van der Waals surface area contributed by atoms with Crippen LogP contribution in [0.2, 0.25) is 0 Å². The Bertz CT molecular complexity index is 1210. The molecule has 2 heterocycles. The van der Waals surface area contributed by atoms with Crippen LogP contribution in [0.1, 0.15) is 12.5 Å². The molecule has 0 aliphatic carbocycles. The van der Waals surface area contributed by atoms with E-state index in [4.69, 9.17) is 14.2 Å². The SMILES string of the molecule is COc1ccc(CC(=O)N2CCN(S(=O)(=O)c3ccc4c(c3)NC(=O)C(C)O4)CC2)cc1OC. The van der Waals surface area contributed by atoms with Gasteiger partial charge in [-0.1, -0.05) is 6.07 Å². The van der Waals surface area contributed by atoms with E-state index in [1.54, 1.807) is 43.2 Å². The van der Waals surface area contributed by atoms with Gasteiger partial charge < -0.3 is 24.4 Å². The first-order valence-corrected chi connectivity index (χ1v) is 12.3. The summed E-state index contributed by atoms with van der Waals surface area (Å²) in [6, 6.07) is 9.73. The summed E-state index contributed by atoms with van der Waals surface area (Å²) in [5.41, 5.74) is 1.11. The molecule has 4 rings (SSSR count). The third-order valence-electron chi connectivity index (χ3n) is 5.91. The first-order chi connectivity index (χ1) is 16.2. The van der Waals surface area contributed by atoms with Crippen LogP contribution in [0.4, 0.5) is 5.69 Å². The molecule has 1 fully saturated rings. The van der Waals surface area contributed by atoms with Crippen molar-refractivity contribution in [1.82, 2.24) is 9.21 Å². The number of methoxy groups -OCH3 is 2. The molecule has 1 unspecified atom stereocenters. The largest absolute Gasteiger partial charge is 0.493 e. The number of hydrogen-bond acceptors (Lipinski definition) is 7. The van der Waals surface area contributed by atoms with Crippen molar-refractivity contribution in [2.45, 2.75) is 24.3 Å². The molecule has 2 aromatic rings. The van der Waals surface area contributed by atoms with Crippen LogP contribution in [0.3, 0.4) is 0 Å². The number of hydrogen-bond donors (Lipinski definition) is 1. The van der Waals surface area contributed by atoms with E-state index in [1.165, 1.54) is 23.5 Å². The van der Waals surface area contributed by atoms with E-state index in [0.717, 1.165) is 5.56 Å². The van der Waals surface area contributed by atoms with E-state index in [-0.39, 0.29) is 49.3 Å². The number of benzene rings is 2. The highest BCUT2D eigenvalue weighted by Gasteiger charge is 2.32. The van der Waals surface area contributed by atoms with Crippen LogP contribution in [0.5, 0.6) is 17.2 Å². The van der Waals surface area contributed by atoms with Gasteiger partial charge in [0.25, 0.3) is 5.91 Å². The maximum Gasteiger partial charge on any atom is 0.265 e. The third kappa shape index (κ3) is 4.66. The second kappa shape index (κ2) is 9.51. The number of ether oxygens (including phenoxy) is 3. The number of carbonyl (C=O) groups is 2. The normalized spacial score (nSPS) is 18.5. The average molecular weight is 490 g/mol. The van der Waals surface area contributed by atoms with Gasteiger partial charge in [-0.2, -0.15) is 4.31 Å². The fraction of sp³-hybridized carbons (Fsp3) is 0.391. The lowest BCUT2D eigenvalue weighted by atomic mass is 10.1. The fourth-order valence-electron chi connectivity index (χ4n) is 3.95. The first kappa shape index (κ1) is 23.8. The van der Waals surface area contributed by atoms with E-state index in [9.17, 15) is 18.0 Å². The Hall–Kier alpha value is -3.31. The highest BCUT2D eigenvalue weighted by Crippen LogP contribution is 2.33. The molecule has 2 aliphatic heterocycles. The van der Waals surface area contributed by atoms with Crippen molar-refractivity contribution < 1.29 is 32.2 Å². The van der Waals surface area contributed by atoms with Gasteiger partial charge >= 0.3 is 0 Å². The molecule has 2 aliphatic rings. The predicted molar refractivity (Wildman–Crippen MR) is 124 cm³/mol. The van der Waals surface area contributed by atoms with Crippen molar-refractivity contribution in [2.75, 3.05) is 45.7 Å². The Morgan fingerprint density at radius 2 is 1.76 bits per heavy atom. The molecule has 0 bridgehead atoms. The van der Waals surface area contributed by atoms with Crippen LogP contribution in [0, 0.1) is 0 Å². The van der Waals surface area contributed by atoms with Gasteiger partial charge in [0.2, 0.25) is 15.9 Å². The second-order valence-corrected chi connectivity index (χ2v) is 10.00. The molecule has 10 nitrogen and oxygen atoms in total. The lowest BCUT2D eigenvalue weighted by Crippen LogP contribution is -2.50. The molecule has 1 N–H and O–H groups in total. The average Bonchev–Trinajstić information content (AvgIpc) is 2.84. The van der Waals surface area contributed by atoms with Gasteiger partial charge in [0.1, 0.15) is 5.75 Å². The van der Waals surface area contributed by atoms with E-state index < -0.39 is 16.1 Å². The summed E-state index contributed by atoms with van der Waals surface area (Å²) in [6.45, 7) is 2.55. The molecule has 11 heteroatoms. The van der Waals surface area contributed by atoms with Gasteiger partial charge in [0.05, 0.1) is 31.2 Å². The van der Waals surface area contributed by atoms with Gasteiger partial charge in [-0.05, 0) is 42.8 Å². The number of nitrogens with one attached hydrogen (secondary N) is 1. The molecule has 2 amide bonds. The van der Waals surface area contributed by atoms with Crippen LogP contribution >= 0.6 is 0 Å². The Morgan fingerprint density at radius 1 is 1.06 bits per heavy atom. The van der Waals surface area contributed by atoms with Crippen molar-refractivity contribution in [3.63, 3.8) is 0 Å². The minimum absolute atomic E-state index is 0.0646. The molecule has 2 aromatic carbocycles. The summed E-state index contributed by atoms with van der Waals surface area (Å²) < 4.78 is 43.7. The van der Waals surface area contributed by atoms with Gasteiger partial charge in [-0.15, -0.1) is 0 Å². The van der Waals surface area contributed by atoms with E-state index >= 15 is 0 Å². The zero-order chi connectivity index (χ0) is 24.5. The summed E-state index contributed by atoms with van der Waals surface area (Å²) in [4.78, 5) is 26.4. The number of nitrogens with zero attached hydrogens (tertiary/aromatic N) is 2. The maximum absolute atomic E-state index is 13.2. The Balaban J connectivity index is 1.40. The summed E-state index contributed by atoms with van der Waals surface area (Å²) in [5.74, 6) is 1.14. The van der Waals surface area contributed by atoms with E-state index in [0.29, 0.717) is 22.9 Å². The summed E-state index contributed by atoms with van der Waals surface area (Å²) in [6.07, 6.45) is -0.463. The van der Waals surface area contributed by atoms with Crippen molar-refractivity contribution in [2.24, 2.45) is 0 Å². The zero-order valence-corrected chi connectivity index (χ0v) is 20.1. The second-order valence-electron chi connectivity index (χ2n) is 8.06. The first-order valence-electron chi connectivity index (χ1n) is 10.8. The zero-order valence-electron chi connectivity index (χ0n) is 19.2. The lowest BCUT2D eigenvalue weighted by Gasteiger charge is -2.34. The highest BCUT2D eigenvalue weighted by atomic mass is 32.2. The lowest BCUT2D eigenvalue weighted by molar-refractivity contribution is -0.131. The smallest absolute Gasteiger partial charge is 0.265 e. The Kier molecular flexibility index (Phi) is 6.67. The van der Waals surface area contributed by atoms with E-state index in [2.05, 4.69) is 5.32 Å². The Labute approximate surface area is 198 Å². The molecule has 0 aromatic heterocycles. The van der Waals surface area contributed by atoms with Gasteiger partial charge in [0, 0.05) is 26.2 Å². The molecule has 1 atom stereocenters. The molecule has 0 saturated carbocycles. The molecule has 182 valence electrons. The summed E-state index contributed by atoms with van der Waals surface area (Å²) in [7, 11) is -0.712. The summed E-state index contributed by atoms with van der Waals surface area (Å²) >= 11 is 0. The minimum atomic E-state index is -3.79. The van der Waals surface area contributed by atoms with Crippen LogP contribution < -0.4 is 19.5 Å². The van der Waals surface area contributed by atoms with Crippen molar-refractivity contribution in [1.29, 1.82) is 0 Å². The van der Waals surface area contributed by atoms with Gasteiger partial charge in [0.15, 0.2) is 17.6 Å². The number of carbonyl (C=O) groups excluding carboxylic acids is 2. The quantitative estimate of drug-likeness (QED) is 0.654. The standard InChI is InChI=1S/C23H27N3O7S/c1-15-23(28)24-18-14-17(5-7-19(18)33-15)34(29,30)26-10-8-25(9-11-26)22(27)13-16-4-6-20(31-2)21(12-16)32-3/h4-7,12,14-15H,8-11,13H2,1-3H3,(H,24,28). The molecule has 0 spiro atoms. The molecular weight excluding hydrogens is 462 g/mol. The number of piperazine rings is 1. The topological polar surface area (TPSA) is 114 Å². The summed E-state index contributed by atoms with van der Waals surface area (Å²) in [5, 5.41) is 2.67. The molecular formula is C23H27N3O7S. The van der Waals surface area contributed by atoms with Crippen molar-refractivity contribution >= 4 is 27.5 Å². The van der Waals surface area contributed by atoms with Gasteiger partial charge in [-0.25, -0.2) is 8.42 Å². The number of amides is 2. The fourth-order valence-corrected chi connectivity index (χ4v) is 5.40. The van der Waals surface area contributed by atoms with Crippen molar-refractivity contribution in [3.05, 3.63) is 42.0 Å². The Morgan fingerprint density at radius 3 is 2.44 bits per heavy atom.